The van der Waals surface area contributed by atoms with E-state index in [9.17, 15) is 4.79 Å². The highest BCUT2D eigenvalue weighted by Gasteiger charge is 2.27. The first-order valence-electron chi connectivity index (χ1n) is 5.94. The van der Waals surface area contributed by atoms with Crippen LogP contribution >= 0.6 is 35.0 Å². The molecule has 0 bridgehead atoms. The van der Waals surface area contributed by atoms with Crippen LogP contribution < -0.4 is 5.73 Å². The minimum atomic E-state index is 0. The molecule has 1 atom stereocenters. The third kappa shape index (κ3) is 3.83. The molecular weight excluding hydrogens is 363 g/mol. The predicted molar refractivity (Wildman–Crippen MR) is 83.9 cm³/mol. The number of nitrogens with two attached hydrogens (primary N) is 1. The van der Waals surface area contributed by atoms with Gasteiger partial charge in [0.1, 0.15) is 0 Å². The molecule has 0 saturated carbocycles. The number of hydrogen-bond acceptors (Lipinski definition) is 2. The van der Waals surface area contributed by atoms with Crippen LogP contribution in [0.3, 0.4) is 0 Å². The lowest BCUT2D eigenvalue weighted by molar-refractivity contribution is -0.131. The van der Waals surface area contributed by atoms with Crippen LogP contribution in [-0.2, 0) is 11.2 Å². The first-order valence-corrected chi connectivity index (χ1v) is 7.02. The number of halogens is 2. The number of carbonyl (C=O) groups excluding carboxylic acids is 1. The highest BCUT2D eigenvalue weighted by Crippen LogP contribution is 2.18. The Kier molecular flexibility index (Phi) is 6.38. The van der Waals surface area contributed by atoms with Crippen LogP contribution in [0, 0.1) is 3.57 Å². The number of benzene rings is 1. The van der Waals surface area contributed by atoms with Gasteiger partial charge in [-0.2, -0.15) is 0 Å². The van der Waals surface area contributed by atoms with E-state index < -0.39 is 0 Å². The molecule has 0 aromatic heterocycles. The summed E-state index contributed by atoms with van der Waals surface area (Å²) in [7, 11) is 0. The normalized spacial score (nSPS) is 18.6. The van der Waals surface area contributed by atoms with E-state index in [1.165, 1.54) is 3.57 Å². The van der Waals surface area contributed by atoms with Crippen molar-refractivity contribution in [3.8, 4) is 0 Å². The van der Waals surface area contributed by atoms with Gasteiger partial charge in [0.15, 0.2) is 0 Å². The molecule has 1 heterocycles. The lowest BCUT2D eigenvalue weighted by Crippen LogP contribution is -2.40. The molecule has 1 amide bonds. The van der Waals surface area contributed by atoms with Gasteiger partial charge in [0.05, 0.1) is 6.42 Å². The van der Waals surface area contributed by atoms with E-state index in [0.29, 0.717) is 13.0 Å². The number of rotatable bonds is 3. The molecule has 1 aliphatic heterocycles. The van der Waals surface area contributed by atoms with Crippen LogP contribution in [-0.4, -0.2) is 29.9 Å². The van der Waals surface area contributed by atoms with Crippen LogP contribution in [0.4, 0.5) is 0 Å². The third-order valence-corrected chi connectivity index (χ3v) is 3.88. The summed E-state index contributed by atoms with van der Waals surface area (Å²) >= 11 is 2.27. The fourth-order valence-electron chi connectivity index (χ4n) is 2.33. The Hall–Kier alpha value is -0.330. The maximum atomic E-state index is 12.2. The fraction of sp³-hybridized carbons (Fsp3) is 0.462. The lowest BCUT2D eigenvalue weighted by Gasteiger charge is -2.23. The van der Waals surface area contributed by atoms with Crippen molar-refractivity contribution in [2.45, 2.75) is 25.3 Å². The molecule has 18 heavy (non-hydrogen) atoms. The Morgan fingerprint density at radius 2 is 2.28 bits per heavy atom. The number of carbonyl (C=O) groups is 1. The summed E-state index contributed by atoms with van der Waals surface area (Å²) in [5.74, 6) is 0.208. The third-order valence-electron chi connectivity index (χ3n) is 3.21. The summed E-state index contributed by atoms with van der Waals surface area (Å²) < 4.78 is 1.17. The molecule has 1 saturated heterocycles. The zero-order valence-corrected chi connectivity index (χ0v) is 13.1. The maximum absolute atomic E-state index is 12.2. The SMILES string of the molecule is Cl.NCC1CCCN1C(=O)Cc1cccc(I)c1. The number of amides is 1. The lowest BCUT2D eigenvalue weighted by atomic mass is 10.1. The molecule has 1 fully saturated rings. The summed E-state index contributed by atoms with van der Waals surface area (Å²) in [4.78, 5) is 14.1. The van der Waals surface area contributed by atoms with Crippen LogP contribution in [0.2, 0.25) is 0 Å². The predicted octanol–water partition coefficient (Wildman–Crippen LogP) is 2.21. The van der Waals surface area contributed by atoms with Crippen molar-refractivity contribution in [3.63, 3.8) is 0 Å². The van der Waals surface area contributed by atoms with Crippen molar-refractivity contribution in [1.29, 1.82) is 0 Å². The average Bonchev–Trinajstić information content (AvgIpc) is 2.77. The molecule has 2 rings (SSSR count). The zero-order chi connectivity index (χ0) is 12.3. The van der Waals surface area contributed by atoms with E-state index in [-0.39, 0.29) is 24.4 Å². The highest BCUT2D eigenvalue weighted by molar-refractivity contribution is 14.1. The number of likely N-dealkylation sites (tertiary alicyclic amines) is 1. The van der Waals surface area contributed by atoms with Gasteiger partial charge in [-0.1, -0.05) is 12.1 Å². The first kappa shape index (κ1) is 15.7. The van der Waals surface area contributed by atoms with Crippen LogP contribution in [0.25, 0.3) is 0 Å². The molecule has 1 unspecified atom stereocenters. The summed E-state index contributed by atoms with van der Waals surface area (Å²) in [5, 5.41) is 0. The van der Waals surface area contributed by atoms with Crippen molar-refractivity contribution < 1.29 is 4.79 Å². The Morgan fingerprint density at radius 1 is 1.50 bits per heavy atom. The Bertz CT molecular complexity index is 414. The van der Waals surface area contributed by atoms with Gasteiger partial charge >= 0.3 is 0 Å². The van der Waals surface area contributed by atoms with E-state index in [4.69, 9.17) is 5.73 Å². The van der Waals surface area contributed by atoms with Gasteiger partial charge in [-0.15, -0.1) is 12.4 Å². The van der Waals surface area contributed by atoms with Crippen molar-refractivity contribution in [1.82, 2.24) is 4.90 Å². The maximum Gasteiger partial charge on any atom is 0.227 e. The first-order chi connectivity index (χ1) is 8.20. The summed E-state index contributed by atoms with van der Waals surface area (Å²) in [5.41, 5.74) is 6.77. The molecular formula is C13H18ClIN2O. The zero-order valence-electron chi connectivity index (χ0n) is 10.1. The molecule has 0 radical (unpaired) electrons. The second-order valence-corrected chi connectivity index (χ2v) is 5.67. The largest absolute Gasteiger partial charge is 0.338 e. The van der Waals surface area contributed by atoms with Crippen molar-refractivity contribution in [2.75, 3.05) is 13.1 Å². The Morgan fingerprint density at radius 3 is 2.94 bits per heavy atom. The van der Waals surface area contributed by atoms with Gasteiger partial charge in [0.2, 0.25) is 5.91 Å². The average molecular weight is 381 g/mol. The van der Waals surface area contributed by atoms with Crippen LogP contribution in [0.5, 0.6) is 0 Å². The minimum absolute atomic E-state index is 0. The van der Waals surface area contributed by atoms with Gasteiger partial charge in [-0.3, -0.25) is 4.79 Å². The van der Waals surface area contributed by atoms with Gasteiger partial charge in [0.25, 0.3) is 0 Å². The van der Waals surface area contributed by atoms with Crippen molar-refractivity contribution in [2.24, 2.45) is 5.73 Å². The van der Waals surface area contributed by atoms with Crippen LogP contribution in [0.1, 0.15) is 18.4 Å². The second-order valence-electron chi connectivity index (χ2n) is 4.43. The monoisotopic (exact) mass is 380 g/mol. The molecule has 1 aromatic carbocycles. The van der Waals surface area contributed by atoms with E-state index in [2.05, 4.69) is 28.7 Å². The van der Waals surface area contributed by atoms with Gasteiger partial charge in [0, 0.05) is 22.7 Å². The molecule has 1 aliphatic rings. The molecule has 0 spiro atoms. The van der Waals surface area contributed by atoms with E-state index >= 15 is 0 Å². The highest BCUT2D eigenvalue weighted by atomic mass is 127. The topological polar surface area (TPSA) is 46.3 Å². The molecule has 0 aliphatic carbocycles. The van der Waals surface area contributed by atoms with Gasteiger partial charge in [-0.05, 0) is 53.1 Å². The smallest absolute Gasteiger partial charge is 0.227 e. The summed E-state index contributed by atoms with van der Waals surface area (Å²) in [6.45, 7) is 1.45. The van der Waals surface area contributed by atoms with E-state index in [1.54, 1.807) is 0 Å². The standard InChI is InChI=1S/C13H17IN2O.ClH/c14-11-4-1-3-10(7-11)8-13(17)16-6-2-5-12(16)9-15;/h1,3-4,7,12H,2,5-6,8-9,15H2;1H. The van der Waals surface area contributed by atoms with Gasteiger partial charge in [-0.25, -0.2) is 0 Å². The Labute approximate surface area is 128 Å². The number of nitrogens with zero attached hydrogens (tertiary/aromatic N) is 1. The molecule has 1 aromatic rings. The van der Waals surface area contributed by atoms with E-state index in [0.717, 1.165) is 24.9 Å². The van der Waals surface area contributed by atoms with E-state index in [1.807, 2.05) is 23.1 Å². The molecule has 2 N–H and O–H groups in total. The summed E-state index contributed by atoms with van der Waals surface area (Å²) in [6.07, 6.45) is 2.63. The summed E-state index contributed by atoms with van der Waals surface area (Å²) in [6, 6.07) is 8.35. The minimum Gasteiger partial charge on any atom is -0.338 e. The molecule has 3 nitrogen and oxygen atoms in total. The number of hydrogen-bond donors (Lipinski definition) is 1. The van der Waals surface area contributed by atoms with Gasteiger partial charge < -0.3 is 10.6 Å². The second kappa shape index (κ2) is 7.31. The van der Waals surface area contributed by atoms with Crippen molar-refractivity contribution in [3.05, 3.63) is 33.4 Å². The molecule has 5 heteroatoms. The van der Waals surface area contributed by atoms with Crippen molar-refractivity contribution >= 4 is 40.9 Å². The Balaban J connectivity index is 0.00000162. The molecule has 100 valence electrons. The van der Waals surface area contributed by atoms with Crippen LogP contribution in [0.15, 0.2) is 24.3 Å². The fourth-order valence-corrected chi connectivity index (χ4v) is 2.94. The quantitative estimate of drug-likeness (QED) is 0.817.